The topological polar surface area (TPSA) is 51.2 Å². The largest absolute Gasteiger partial charge is 0.381 e. The first-order valence-corrected chi connectivity index (χ1v) is 5.26. The van der Waals surface area contributed by atoms with Gasteiger partial charge in [-0.2, -0.15) is 4.39 Å². The number of aromatic nitrogens is 1. The molecule has 0 aromatic carbocycles. The van der Waals surface area contributed by atoms with Gasteiger partial charge < -0.3 is 10.1 Å². The molecule has 1 aliphatic rings. The molecule has 1 aromatic rings. The van der Waals surface area contributed by atoms with E-state index in [0.29, 0.717) is 13.2 Å². The van der Waals surface area contributed by atoms with E-state index in [1.54, 1.807) is 6.07 Å². The molecule has 5 heteroatoms. The van der Waals surface area contributed by atoms with Gasteiger partial charge in [0.05, 0.1) is 5.56 Å². The lowest BCUT2D eigenvalue weighted by molar-refractivity contribution is 0.0694. The molecule has 1 amide bonds. The molecule has 0 atom stereocenters. The van der Waals surface area contributed by atoms with Gasteiger partial charge in [0.1, 0.15) is 0 Å². The molecule has 1 N–H and O–H groups in total. The van der Waals surface area contributed by atoms with Crippen LogP contribution in [0.25, 0.3) is 0 Å². The van der Waals surface area contributed by atoms with Gasteiger partial charge in [0.25, 0.3) is 5.91 Å². The third kappa shape index (κ3) is 2.55. The van der Waals surface area contributed by atoms with Crippen molar-refractivity contribution in [1.82, 2.24) is 10.3 Å². The zero-order valence-corrected chi connectivity index (χ0v) is 8.78. The fraction of sp³-hybridized carbons (Fsp3) is 0.455. The zero-order chi connectivity index (χ0) is 11.4. The smallest absolute Gasteiger partial charge is 0.256 e. The van der Waals surface area contributed by atoms with Crippen molar-refractivity contribution in [3.05, 3.63) is 29.8 Å². The molecule has 2 rings (SSSR count). The summed E-state index contributed by atoms with van der Waals surface area (Å²) in [6.07, 6.45) is 2.86. The number of nitrogens with zero attached hydrogens (tertiary/aromatic N) is 1. The van der Waals surface area contributed by atoms with Crippen LogP contribution in [0.1, 0.15) is 23.2 Å². The second kappa shape index (κ2) is 5.03. The molecule has 2 heterocycles. The minimum Gasteiger partial charge on any atom is -0.381 e. The van der Waals surface area contributed by atoms with Gasteiger partial charge in [-0.05, 0) is 25.0 Å². The maximum atomic E-state index is 13.2. The quantitative estimate of drug-likeness (QED) is 0.766. The number of hydrogen-bond acceptors (Lipinski definition) is 3. The van der Waals surface area contributed by atoms with E-state index in [4.69, 9.17) is 4.74 Å². The van der Waals surface area contributed by atoms with E-state index in [0.717, 1.165) is 12.8 Å². The predicted octanol–water partition coefficient (Wildman–Crippen LogP) is 1.13. The van der Waals surface area contributed by atoms with E-state index in [1.165, 1.54) is 12.3 Å². The summed E-state index contributed by atoms with van der Waals surface area (Å²) in [6, 6.07) is 3.04. The number of amides is 1. The normalized spacial score (nSPS) is 17.1. The van der Waals surface area contributed by atoms with Crippen LogP contribution < -0.4 is 5.32 Å². The van der Waals surface area contributed by atoms with Crippen LogP contribution in [0.4, 0.5) is 4.39 Å². The van der Waals surface area contributed by atoms with Crippen molar-refractivity contribution in [2.45, 2.75) is 18.9 Å². The summed E-state index contributed by atoms with van der Waals surface area (Å²) in [5.74, 6) is -1.13. The maximum Gasteiger partial charge on any atom is 0.256 e. The van der Waals surface area contributed by atoms with Crippen molar-refractivity contribution in [2.75, 3.05) is 13.2 Å². The van der Waals surface area contributed by atoms with Crippen molar-refractivity contribution < 1.29 is 13.9 Å². The number of carbonyl (C=O) groups excluding carboxylic acids is 1. The summed E-state index contributed by atoms with van der Waals surface area (Å²) >= 11 is 0. The van der Waals surface area contributed by atoms with E-state index < -0.39 is 11.9 Å². The number of halogens is 1. The minimum absolute atomic E-state index is 0.00556. The van der Waals surface area contributed by atoms with Crippen LogP contribution in [0.15, 0.2) is 18.3 Å². The summed E-state index contributed by atoms with van der Waals surface area (Å²) in [4.78, 5) is 15.1. The summed E-state index contributed by atoms with van der Waals surface area (Å²) in [7, 11) is 0. The Morgan fingerprint density at radius 2 is 2.25 bits per heavy atom. The first-order chi connectivity index (χ1) is 7.77. The second-order valence-electron chi connectivity index (χ2n) is 3.70. The molecule has 0 spiro atoms. The number of ether oxygens (including phenoxy) is 1. The van der Waals surface area contributed by atoms with Crippen molar-refractivity contribution in [1.29, 1.82) is 0 Å². The van der Waals surface area contributed by atoms with Gasteiger partial charge >= 0.3 is 0 Å². The molecule has 86 valence electrons. The molecule has 0 unspecified atom stereocenters. The molecule has 4 nitrogen and oxygen atoms in total. The average molecular weight is 224 g/mol. The summed E-state index contributed by atoms with van der Waals surface area (Å²) in [5.41, 5.74) is -0.00556. The molecule has 0 radical (unpaired) electrons. The lowest BCUT2D eigenvalue weighted by atomic mass is 10.1. The molecule has 1 fully saturated rings. The van der Waals surface area contributed by atoms with E-state index in [2.05, 4.69) is 10.3 Å². The predicted molar refractivity (Wildman–Crippen MR) is 55.5 cm³/mol. The van der Waals surface area contributed by atoms with E-state index in [-0.39, 0.29) is 11.6 Å². The molecular weight excluding hydrogens is 211 g/mol. The fourth-order valence-corrected chi connectivity index (χ4v) is 1.66. The van der Waals surface area contributed by atoms with Gasteiger partial charge in [0.15, 0.2) is 0 Å². The van der Waals surface area contributed by atoms with Crippen molar-refractivity contribution in [3.8, 4) is 0 Å². The van der Waals surface area contributed by atoms with Crippen molar-refractivity contribution >= 4 is 5.91 Å². The monoisotopic (exact) mass is 224 g/mol. The molecular formula is C11H13FN2O2. The molecule has 1 saturated heterocycles. The number of carbonyl (C=O) groups is 1. The number of hydrogen-bond donors (Lipinski definition) is 1. The van der Waals surface area contributed by atoms with Crippen LogP contribution >= 0.6 is 0 Å². The van der Waals surface area contributed by atoms with Gasteiger partial charge in [-0.1, -0.05) is 0 Å². The van der Waals surface area contributed by atoms with E-state index >= 15 is 0 Å². The standard InChI is InChI=1S/C11H13FN2O2/c12-10-9(2-1-5-13-10)11(15)14-8-3-6-16-7-4-8/h1-2,5,8H,3-4,6-7H2,(H,14,15). The average Bonchev–Trinajstić information content (AvgIpc) is 2.31. The first kappa shape index (κ1) is 11.0. The highest BCUT2D eigenvalue weighted by molar-refractivity contribution is 5.94. The summed E-state index contributed by atoms with van der Waals surface area (Å²) in [6.45, 7) is 1.28. The fourth-order valence-electron chi connectivity index (χ4n) is 1.66. The van der Waals surface area contributed by atoms with Crippen molar-refractivity contribution in [2.24, 2.45) is 0 Å². The Balaban J connectivity index is 2.00. The number of pyridine rings is 1. The van der Waals surface area contributed by atoms with Crippen LogP contribution in [0, 0.1) is 5.95 Å². The Hall–Kier alpha value is -1.49. The molecule has 1 aromatic heterocycles. The molecule has 0 aliphatic carbocycles. The highest BCUT2D eigenvalue weighted by Gasteiger charge is 2.19. The van der Waals surface area contributed by atoms with Gasteiger partial charge in [0.2, 0.25) is 5.95 Å². The number of nitrogens with one attached hydrogen (secondary N) is 1. The van der Waals surface area contributed by atoms with Crippen LogP contribution in [0.2, 0.25) is 0 Å². The summed E-state index contributed by atoms with van der Waals surface area (Å²) < 4.78 is 18.4. The molecule has 0 saturated carbocycles. The van der Waals surface area contributed by atoms with Crippen molar-refractivity contribution in [3.63, 3.8) is 0 Å². The van der Waals surface area contributed by atoms with E-state index in [1.807, 2.05) is 0 Å². The zero-order valence-electron chi connectivity index (χ0n) is 8.78. The minimum atomic E-state index is -0.730. The summed E-state index contributed by atoms with van der Waals surface area (Å²) in [5, 5.41) is 2.78. The van der Waals surface area contributed by atoms with Gasteiger partial charge in [-0.3, -0.25) is 4.79 Å². The Labute approximate surface area is 92.8 Å². The molecule has 1 aliphatic heterocycles. The Bertz CT molecular complexity index is 378. The third-order valence-corrected chi connectivity index (χ3v) is 2.56. The van der Waals surface area contributed by atoms with Gasteiger partial charge in [-0.25, -0.2) is 4.98 Å². The highest BCUT2D eigenvalue weighted by Crippen LogP contribution is 2.09. The van der Waals surface area contributed by atoms with Gasteiger partial charge in [0, 0.05) is 25.5 Å². The van der Waals surface area contributed by atoms with Crippen LogP contribution in [0.3, 0.4) is 0 Å². The highest BCUT2D eigenvalue weighted by atomic mass is 19.1. The third-order valence-electron chi connectivity index (χ3n) is 2.56. The van der Waals surface area contributed by atoms with Crippen LogP contribution in [-0.4, -0.2) is 30.1 Å². The van der Waals surface area contributed by atoms with Gasteiger partial charge in [-0.15, -0.1) is 0 Å². The Kier molecular flexibility index (Phi) is 3.46. The molecule has 0 bridgehead atoms. The van der Waals surface area contributed by atoms with E-state index in [9.17, 15) is 9.18 Å². The maximum absolute atomic E-state index is 13.2. The lowest BCUT2D eigenvalue weighted by Gasteiger charge is -2.23. The SMILES string of the molecule is O=C(NC1CCOCC1)c1cccnc1F. The lowest BCUT2D eigenvalue weighted by Crippen LogP contribution is -2.39. The second-order valence-corrected chi connectivity index (χ2v) is 3.70. The Morgan fingerprint density at radius 1 is 1.50 bits per heavy atom. The van der Waals surface area contributed by atoms with Crippen LogP contribution in [-0.2, 0) is 4.74 Å². The number of rotatable bonds is 2. The Morgan fingerprint density at radius 3 is 2.94 bits per heavy atom. The first-order valence-electron chi connectivity index (χ1n) is 5.26. The molecule has 16 heavy (non-hydrogen) atoms. The van der Waals surface area contributed by atoms with Crippen LogP contribution in [0.5, 0.6) is 0 Å².